The van der Waals surface area contributed by atoms with E-state index in [1.807, 2.05) is 6.07 Å². The Labute approximate surface area is 73.1 Å². The van der Waals surface area contributed by atoms with Crippen LogP contribution in [0.4, 0.5) is 0 Å². The van der Waals surface area contributed by atoms with E-state index in [2.05, 4.69) is 29.4 Å². The van der Waals surface area contributed by atoms with Gasteiger partial charge in [-0.15, -0.1) is 0 Å². The van der Waals surface area contributed by atoms with Gasteiger partial charge in [-0.2, -0.15) is 0 Å². The number of hydrogen-bond donors (Lipinski definition) is 0. The lowest BCUT2D eigenvalue weighted by atomic mass is 9.89. The summed E-state index contributed by atoms with van der Waals surface area (Å²) in [4.78, 5) is 4.01. The lowest BCUT2D eigenvalue weighted by molar-refractivity contribution is 0.614. The van der Waals surface area contributed by atoms with Crippen LogP contribution in [0.15, 0.2) is 30.5 Å². The number of nitrogens with zero attached hydrogens (tertiary/aromatic N) is 1. The summed E-state index contributed by atoms with van der Waals surface area (Å²) < 4.78 is 0. The molecule has 0 saturated heterocycles. The molecule has 1 unspecified atom stereocenters. The van der Waals surface area contributed by atoms with Crippen molar-refractivity contribution in [1.29, 1.82) is 0 Å². The Bertz CT molecular complexity index is 264. The molecule has 1 nitrogen and oxygen atoms in total. The minimum atomic E-state index is 0.656. The lowest BCUT2D eigenvalue weighted by Crippen LogP contribution is -2.00. The van der Waals surface area contributed by atoms with Crippen LogP contribution in [0.25, 0.3) is 0 Å². The Morgan fingerprint density at radius 2 is 2.42 bits per heavy atom. The van der Waals surface area contributed by atoms with Gasteiger partial charge < -0.3 is 0 Å². The van der Waals surface area contributed by atoms with E-state index in [0.29, 0.717) is 5.92 Å². The third-order valence-electron chi connectivity index (χ3n) is 2.34. The molecule has 12 heavy (non-hydrogen) atoms. The van der Waals surface area contributed by atoms with Gasteiger partial charge >= 0.3 is 0 Å². The standard InChI is InChI=1S/C11H12N/c1-2-5-10(6-3-1)11-7-4-8-12-9-11/h1-2,4,7-8,10H,3,5-6H2. The monoisotopic (exact) mass is 158 g/mol. The van der Waals surface area contributed by atoms with E-state index in [1.54, 1.807) is 6.20 Å². The predicted octanol–water partition coefficient (Wildman–Crippen LogP) is 2.71. The quantitative estimate of drug-likeness (QED) is 0.573. The molecular weight excluding hydrogens is 146 g/mol. The SMILES string of the molecule is [c]1ncccc1C1CC=CCC1. The van der Waals surface area contributed by atoms with Crippen molar-refractivity contribution in [2.24, 2.45) is 0 Å². The molecule has 2 rings (SSSR count). The van der Waals surface area contributed by atoms with Crippen LogP contribution < -0.4 is 0 Å². The average molecular weight is 158 g/mol. The number of rotatable bonds is 1. The van der Waals surface area contributed by atoms with Crippen molar-refractivity contribution in [2.75, 3.05) is 0 Å². The molecular formula is C11H12N. The molecule has 1 aromatic rings. The van der Waals surface area contributed by atoms with E-state index in [4.69, 9.17) is 0 Å². The summed E-state index contributed by atoms with van der Waals surface area (Å²) in [5.41, 5.74) is 1.27. The highest BCUT2D eigenvalue weighted by Gasteiger charge is 2.11. The molecule has 0 amide bonds. The molecule has 1 heterocycles. The molecule has 1 heteroatoms. The lowest BCUT2D eigenvalue weighted by Gasteiger charge is -2.16. The fourth-order valence-corrected chi connectivity index (χ4v) is 1.64. The summed E-state index contributed by atoms with van der Waals surface area (Å²) in [5.74, 6) is 0.656. The van der Waals surface area contributed by atoms with Gasteiger partial charge in [0.25, 0.3) is 0 Å². The molecule has 61 valence electrons. The molecule has 0 bridgehead atoms. The molecule has 0 saturated carbocycles. The van der Waals surface area contributed by atoms with Crippen LogP contribution in [0.3, 0.4) is 0 Å². The first-order chi connectivity index (χ1) is 5.97. The molecule has 0 aliphatic heterocycles. The molecule has 1 atom stereocenters. The largest absolute Gasteiger partial charge is 0.254 e. The zero-order chi connectivity index (χ0) is 8.23. The van der Waals surface area contributed by atoms with Gasteiger partial charge in [0.1, 0.15) is 0 Å². The highest BCUT2D eigenvalue weighted by Crippen LogP contribution is 2.27. The summed E-state index contributed by atoms with van der Waals surface area (Å²) in [6, 6.07) is 4.11. The summed E-state index contributed by atoms with van der Waals surface area (Å²) in [5, 5.41) is 0. The third-order valence-corrected chi connectivity index (χ3v) is 2.34. The van der Waals surface area contributed by atoms with Crippen molar-refractivity contribution in [1.82, 2.24) is 4.98 Å². The van der Waals surface area contributed by atoms with Crippen molar-refractivity contribution in [3.8, 4) is 0 Å². The van der Waals surface area contributed by atoms with Gasteiger partial charge in [0, 0.05) is 6.20 Å². The normalized spacial score (nSPS) is 22.5. The Hall–Kier alpha value is -1.11. The van der Waals surface area contributed by atoms with Crippen molar-refractivity contribution >= 4 is 0 Å². The highest BCUT2D eigenvalue weighted by molar-refractivity contribution is 5.16. The average Bonchev–Trinajstić information content (AvgIpc) is 2.21. The Kier molecular flexibility index (Phi) is 2.21. The van der Waals surface area contributed by atoms with E-state index in [1.165, 1.54) is 18.4 Å². The maximum atomic E-state index is 4.01. The molecule has 0 fully saturated rings. The number of pyridine rings is 1. The first-order valence-corrected chi connectivity index (χ1v) is 4.44. The highest BCUT2D eigenvalue weighted by atomic mass is 14.6. The summed E-state index contributed by atoms with van der Waals surface area (Å²) >= 11 is 0. The third kappa shape index (κ3) is 1.55. The minimum absolute atomic E-state index is 0.656. The molecule has 0 N–H and O–H groups in total. The second-order valence-corrected chi connectivity index (χ2v) is 3.19. The Morgan fingerprint density at radius 3 is 3.08 bits per heavy atom. The summed E-state index contributed by atoms with van der Waals surface area (Å²) in [6.07, 6.45) is 13.0. The fraction of sp³-hybridized carbons (Fsp3) is 0.364. The first kappa shape index (κ1) is 7.53. The van der Waals surface area contributed by atoms with Gasteiger partial charge in [-0.3, -0.25) is 4.98 Å². The summed E-state index contributed by atoms with van der Waals surface area (Å²) in [7, 11) is 0. The van der Waals surface area contributed by atoms with Crippen molar-refractivity contribution in [3.63, 3.8) is 0 Å². The van der Waals surface area contributed by atoms with Crippen LogP contribution in [0.1, 0.15) is 30.7 Å². The van der Waals surface area contributed by atoms with Crippen molar-refractivity contribution in [2.45, 2.75) is 25.2 Å². The van der Waals surface area contributed by atoms with Gasteiger partial charge in [0.05, 0.1) is 6.20 Å². The van der Waals surface area contributed by atoms with E-state index in [0.717, 1.165) is 6.42 Å². The molecule has 1 aliphatic carbocycles. The van der Waals surface area contributed by atoms with Crippen molar-refractivity contribution < 1.29 is 0 Å². The van der Waals surface area contributed by atoms with Gasteiger partial charge in [0.2, 0.25) is 0 Å². The van der Waals surface area contributed by atoms with Gasteiger partial charge in [-0.1, -0.05) is 18.2 Å². The van der Waals surface area contributed by atoms with Crippen LogP contribution in [0, 0.1) is 6.20 Å². The van der Waals surface area contributed by atoms with E-state index >= 15 is 0 Å². The zero-order valence-corrected chi connectivity index (χ0v) is 7.03. The van der Waals surface area contributed by atoms with Gasteiger partial charge in [0.15, 0.2) is 0 Å². The van der Waals surface area contributed by atoms with Gasteiger partial charge in [-0.05, 0) is 36.8 Å². The maximum absolute atomic E-state index is 4.01. The first-order valence-electron chi connectivity index (χ1n) is 4.44. The van der Waals surface area contributed by atoms with Gasteiger partial charge in [-0.25, -0.2) is 0 Å². The second kappa shape index (κ2) is 3.53. The molecule has 1 aromatic heterocycles. The number of allylic oxidation sites excluding steroid dienone is 2. The molecule has 0 aromatic carbocycles. The Balaban J connectivity index is 2.15. The minimum Gasteiger partial charge on any atom is -0.254 e. The van der Waals surface area contributed by atoms with E-state index in [-0.39, 0.29) is 0 Å². The van der Waals surface area contributed by atoms with Crippen LogP contribution in [0.2, 0.25) is 0 Å². The maximum Gasteiger partial charge on any atom is 0.0923 e. The molecule has 0 spiro atoms. The van der Waals surface area contributed by atoms with Crippen LogP contribution >= 0.6 is 0 Å². The molecule has 1 aliphatic rings. The fourth-order valence-electron chi connectivity index (χ4n) is 1.64. The predicted molar refractivity (Wildman–Crippen MR) is 48.8 cm³/mol. The second-order valence-electron chi connectivity index (χ2n) is 3.19. The zero-order valence-electron chi connectivity index (χ0n) is 7.03. The number of aromatic nitrogens is 1. The van der Waals surface area contributed by atoms with E-state index in [9.17, 15) is 0 Å². The topological polar surface area (TPSA) is 12.9 Å². The smallest absolute Gasteiger partial charge is 0.0923 e. The van der Waals surface area contributed by atoms with Crippen molar-refractivity contribution in [3.05, 3.63) is 42.2 Å². The Morgan fingerprint density at radius 1 is 1.42 bits per heavy atom. The van der Waals surface area contributed by atoms with Crippen LogP contribution in [-0.4, -0.2) is 4.98 Å². The molecule has 1 radical (unpaired) electrons. The number of hydrogen-bond acceptors (Lipinski definition) is 1. The van der Waals surface area contributed by atoms with E-state index < -0.39 is 0 Å². The van der Waals surface area contributed by atoms with Crippen LogP contribution in [0.5, 0.6) is 0 Å². The summed E-state index contributed by atoms with van der Waals surface area (Å²) in [6.45, 7) is 0. The van der Waals surface area contributed by atoms with Crippen LogP contribution in [-0.2, 0) is 0 Å².